The van der Waals surface area contributed by atoms with Gasteiger partial charge in [-0.1, -0.05) is 49.4 Å². The van der Waals surface area contributed by atoms with Crippen LogP contribution in [0.25, 0.3) is 0 Å². The van der Waals surface area contributed by atoms with E-state index in [0.29, 0.717) is 23.8 Å². The fraction of sp³-hybridized carbons (Fsp3) is 0.261. The highest BCUT2D eigenvalue weighted by Crippen LogP contribution is 2.36. The van der Waals surface area contributed by atoms with Crippen LogP contribution in [0.5, 0.6) is 5.75 Å². The second-order valence-corrected chi connectivity index (χ2v) is 7.08. The standard InChI is InChI=1S/C23H24N4O3/c1-3-12-29-19-11-7-10-18(13-19)21-20(16(2)26-23-24-15-25-27(21)23)22(28)30-14-17-8-5-4-6-9-17/h4-11,13,15,21H,3,12,14H2,1-2H3,(H,24,25,26). The van der Waals surface area contributed by atoms with Gasteiger partial charge < -0.3 is 14.8 Å². The number of hydrogen-bond donors (Lipinski definition) is 1. The van der Waals surface area contributed by atoms with Gasteiger partial charge in [-0.25, -0.2) is 9.48 Å². The molecule has 0 spiro atoms. The molecule has 1 aliphatic rings. The van der Waals surface area contributed by atoms with Crippen LogP contribution in [0, 0.1) is 0 Å². The molecule has 154 valence electrons. The van der Waals surface area contributed by atoms with Gasteiger partial charge in [0.25, 0.3) is 0 Å². The van der Waals surface area contributed by atoms with Gasteiger partial charge >= 0.3 is 5.97 Å². The van der Waals surface area contributed by atoms with Crippen molar-refractivity contribution in [1.82, 2.24) is 14.8 Å². The van der Waals surface area contributed by atoms with E-state index in [-0.39, 0.29) is 6.61 Å². The van der Waals surface area contributed by atoms with E-state index in [1.165, 1.54) is 6.33 Å². The van der Waals surface area contributed by atoms with Crippen molar-refractivity contribution in [2.75, 3.05) is 11.9 Å². The van der Waals surface area contributed by atoms with E-state index in [0.717, 1.165) is 23.3 Å². The number of nitrogens with zero attached hydrogens (tertiary/aromatic N) is 3. The summed E-state index contributed by atoms with van der Waals surface area (Å²) in [4.78, 5) is 17.4. The van der Waals surface area contributed by atoms with Gasteiger partial charge in [-0.3, -0.25) is 0 Å². The number of rotatable bonds is 7. The summed E-state index contributed by atoms with van der Waals surface area (Å²) in [5.74, 6) is 0.941. The third kappa shape index (κ3) is 4.05. The molecule has 2 aromatic carbocycles. The quantitative estimate of drug-likeness (QED) is 0.598. The molecule has 3 aromatic rings. The first-order valence-electron chi connectivity index (χ1n) is 9.98. The molecule has 2 heterocycles. The maximum absolute atomic E-state index is 13.1. The molecule has 0 amide bonds. The van der Waals surface area contributed by atoms with Crippen LogP contribution < -0.4 is 10.1 Å². The van der Waals surface area contributed by atoms with Gasteiger partial charge in [0.05, 0.1) is 12.2 Å². The van der Waals surface area contributed by atoms with Crippen LogP contribution in [0.3, 0.4) is 0 Å². The van der Waals surface area contributed by atoms with Crippen molar-refractivity contribution >= 4 is 11.9 Å². The molecule has 1 aromatic heterocycles. The lowest BCUT2D eigenvalue weighted by Gasteiger charge is -2.28. The summed E-state index contributed by atoms with van der Waals surface area (Å²) in [6, 6.07) is 16.9. The Morgan fingerprint density at radius 3 is 2.80 bits per heavy atom. The number of esters is 1. The highest BCUT2D eigenvalue weighted by atomic mass is 16.5. The highest BCUT2D eigenvalue weighted by Gasteiger charge is 2.34. The summed E-state index contributed by atoms with van der Waals surface area (Å²) >= 11 is 0. The third-order valence-corrected chi connectivity index (χ3v) is 4.87. The predicted octanol–water partition coefficient (Wildman–Crippen LogP) is 4.10. The highest BCUT2D eigenvalue weighted by molar-refractivity contribution is 5.92. The van der Waals surface area contributed by atoms with Crippen LogP contribution in [0.1, 0.15) is 37.4 Å². The molecule has 0 radical (unpaired) electrons. The maximum atomic E-state index is 13.1. The van der Waals surface area contributed by atoms with Gasteiger partial charge in [0.1, 0.15) is 24.7 Å². The first-order valence-corrected chi connectivity index (χ1v) is 9.98. The Hall–Kier alpha value is -3.61. The Morgan fingerprint density at radius 1 is 1.17 bits per heavy atom. The Bertz CT molecular complexity index is 1060. The summed E-state index contributed by atoms with van der Waals surface area (Å²) in [5.41, 5.74) is 3.00. The van der Waals surface area contributed by atoms with E-state index < -0.39 is 12.0 Å². The lowest BCUT2D eigenvalue weighted by molar-refractivity contribution is -0.140. The summed E-state index contributed by atoms with van der Waals surface area (Å²) in [7, 11) is 0. The largest absolute Gasteiger partial charge is 0.494 e. The fourth-order valence-electron chi connectivity index (χ4n) is 3.46. The van der Waals surface area contributed by atoms with Crippen molar-refractivity contribution in [3.63, 3.8) is 0 Å². The minimum atomic E-state index is -0.461. The molecule has 1 aliphatic heterocycles. The summed E-state index contributed by atoms with van der Waals surface area (Å²) < 4.78 is 13.1. The van der Waals surface area contributed by atoms with Gasteiger partial charge in [0, 0.05) is 5.70 Å². The molecule has 0 bridgehead atoms. The molecular weight excluding hydrogens is 380 g/mol. The number of hydrogen-bond acceptors (Lipinski definition) is 6. The van der Waals surface area contributed by atoms with Crippen molar-refractivity contribution < 1.29 is 14.3 Å². The first kappa shape index (κ1) is 19.7. The van der Waals surface area contributed by atoms with Crippen LogP contribution in [-0.4, -0.2) is 27.3 Å². The van der Waals surface area contributed by atoms with Crippen molar-refractivity contribution in [3.05, 3.63) is 83.3 Å². The molecule has 0 aliphatic carbocycles. The van der Waals surface area contributed by atoms with Crippen LogP contribution >= 0.6 is 0 Å². The Kier molecular flexibility index (Phi) is 5.79. The van der Waals surface area contributed by atoms with Gasteiger partial charge in [0.15, 0.2) is 0 Å². The lowest BCUT2D eigenvalue weighted by Crippen LogP contribution is -2.29. The molecule has 7 nitrogen and oxygen atoms in total. The van der Waals surface area contributed by atoms with Gasteiger partial charge in [0.2, 0.25) is 5.95 Å². The Labute approximate surface area is 175 Å². The van der Waals surface area contributed by atoms with Crippen molar-refractivity contribution in [1.29, 1.82) is 0 Å². The minimum absolute atomic E-state index is 0.201. The number of aromatic nitrogens is 3. The van der Waals surface area contributed by atoms with Crippen LogP contribution in [0.15, 0.2) is 72.2 Å². The molecule has 4 rings (SSSR count). The number of nitrogens with one attached hydrogen (secondary N) is 1. The summed E-state index contributed by atoms with van der Waals surface area (Å²) in [6.07, 6.45) is 2.39. The Morgan fingerprint density at radius 2 is 2.00 bits per heavy atom. The zero-order chi connectivity index (χ0) is 20.9. The zero-order valence-electron chi connectivity index (χ0n) is 17.0. The monoisotopic (exact) mass is 404 g/mol. The molecular formula is C23H24N4O3. The molecule has 1 unspecified atom stereocenters. The smallest absolute Gasteiger partial charge is 0.338 e. The molecule has 0 fully saturated rings. The third-order valence-electron chi connectivity index (χ3n) is 4.87. The van der Waals surface area contributed by atoms with E-state index in [1.807, 2.05) is 61.5 Å². The number of anilines is 1. The van der Waals surface area contributed by atoms with Gasteiger partial charge in [-0.15, -0.1) is 0 Å². The van der Waals surface area contributed by atoms with E-state index in [4.69, 9.17) is 9.47 Å². The number of carbonyl (C=O) groups is 1. The first-order chi connectivity index (χ1) is 14.7. The van der Waals surface area contributed by atoms with Crippen LogP contribution in [0.2, 0.25) is 0 Å². The van der Waals surface area contributed by atoms with Crippen LogP contribution in [0.4, 0.5) is 5.95 Å². The molecule has 0 saturated carbocycles. The molecule has 7 heteroatoms. The molecule has 30 heavy (non-hydrogen) atoms. The van der Waals surface area contributed by atoms with Gasteiger partial charge in [-0.2, -0.15) is 10.1 Å². The maximum Gasteiger partial charge on any atom is 0.338 e. The number of allylic oxidation sites excluding steroid dienone is 1. The van der Waals surface area contributed by atoms with E-state index in [9.17, 15) is 4.79 Å². The number of ether oxygens (including phenoxy) is 2. The average Bonchev–Trinajstić information content (AvgIpc) is 3.24. The van der Waals surface area contributed by atoms with Crippen molar-refractivity contribution in [2.24, 2.45) is 0 Å². The molecule has 1 atom stereocenters. The van der Waals surface area contributed by atoms with E-state index >= 15 is 0 Å². The van der Waals surface area contributed by atoms with E-state index in [1.54, 1.807) is 4.68 Å². The van der Waals surface area contributed by atoms with E-state index in [2.05, 4.69) is 22.3 Å². The van der Waals surface area contributed by atoms with Crippen molar-refractivity contribution in [3.8, 4) is 5.75 Å². The van der Waals surface area contributed by atoms with Crippen LogP contribution in [-0.2, 0) is 16.1 Å². The predicted molar refractivity (Wildman–Crippen MR) is 113 cm³/mol. The second kappa shape index (κ2) is 8.82. The lowest BCUT2D eigenvalue weighted by atomic mass is 9.95. The Balaban J connectivity index is 1.66. The molecule has 1 N–H and O–H groups in total. The SMILES string of the molecule is CCCOc1cccc(C2C(C(=O)OCc3ccccc3)=C(C)Nc3ncnn32)c1. The molecule has 0 saturated heterocycles. The normalized spacial score (nSPS) is 15.3. The summed E-state index contributed by atoms with van der Waals surface area (Å²) in [6.45, 7) is 4.74. The number of carbonyl (C=O) groups excluding carboxylic acids is 1. The average molecular weight is 404 g/mol. The minimum Gasteiger partial charge on any atom is -0.494 e. The fourth-order valence-corrected chi connectivity index (χ4v) is 3.46. The summed E-state index contributed by atoms with van der Waals surface area (Å²) in [5, 5.41) is 7.51. The van der Waals surface area contributed by atoms with Gasteiger partial charge in [-0.05, 0) is 36.6 Å². The number of fused-ring (bicyclic) bond motifs is 1. The second-order valence-electron chi connectivity index (χ2n) is 7.08. The zero-order valence-corrected chi connectivity index (χ0v) is 17.0. The topological polar surface area (TPSA) is 78.3 Å². The number of benzene rings is 2. The van der Waals surface area contributed by atoms with Crippen molar-refractivity contribution in [2.45, 2.75) is 32.9 Å².